The van der Waals surface area contributed by atoms with Gasteiger partial charge in [0.05, 0.1) is 21.7 Å². The van der Waals surface area contributed by atoms with Crippen LogP contribution in [0.25, 0.3) is 0 Å². The number of nitrogens with zero attached hydrogens (tertiary/aromatic N) is 1. The molecule has 3 N–H and O–H groups in total. The van der Waals surface area contributed by atoms with E-state index in [0.29, 0.717) is 31.5 Å². The van der Waals surface area contributed by atoms with Gasteiger partial charge in [0.25, 0.3) is 15.9 Å². The Kier molecular flexibility index (Phi) is 7.80. The number of benzene rings is 2. The van der Waals surface area contributed by atoms with E-state index in [9.17, 15) is 31.2 Å². The van der Waals surface area contributed by atoms with Crippen LogP contribution in [0.3, 0.4) is 0 Å². The molecule has 0 radical (unpaired) electrons. The lowest BCUT2D eigenvalue weighted by molar-refractivity contribution is -0.137. The van der Waals surface area contributed by atoms with Crippen LogP contribution in [-0.4, -0.2) is 33.3 Å². The number of hydrogen-bond donors (Lipinski definition) is 2. The lowest BCUT2D eigenvalue weighted by atomic mass is 9.92. The first-order valence-electron chi connectivity index (χ1n) is 10.4. The van der Waals surface area contributed by atoms with Gasteiger partial charge in [0.15, 0.2) is 0 Å². The number of carbonyl (C=O) groups is 2. The van der Waals surface area contributed by atoms with Crippen molar-refractivity contribution in [3.05, 3.63) is 56.7 Å². The second kappa shape index (κ2) is 10.1. The van der Waals surface area contributed by atoms with Crippen molar-refractivity contribution >= 4 is 50.1 Å². The van der Waals surface area contributed by atoms with Gasteiger partial charge in [-0.2, -0.15) is 13.2 Å². The first-order valence-corrected chi connectivity index (χ1v) is 12.9. The Hall–Kier alpha value is -2.35. The van der Waals surface area contributed by atoms with E-state index in [1.54, 1.807) is 24.0 Å². The molecule has 0 bridgehead atoms. The van der Waals surface area contributed by atoms with Crippen LogP contribution >= 0.6 is 22.6 Å². The summed E-state index contributed by atoms with van der Waals surface area (Å²) < 4.78 is 67.6. The fraction of sp³-hybridized carbons (Fsp3) is 0.364. The highest BCUT2D eigenvalue weighted by atomic mass is 127. The Bertz CT molecular complexity index is 1210. The van der Waals surface area contributed by atoms with Crippen LogP contribution in [0.5, 0.6) is 0 Å². The molecule has 0 spiro atoms. The summed E-state index contributed by atoms with van der Waals surface area (Å²) in [5, 5.41) is 0. The molecule has 1 heterocycles. The molecule has 1 aliphatic heterocycles. The molecule has 1 fully saturated rings. The van der Waals surface area contributed by atoms with Gasteiger partial charge in [-0.15, -0.1) is 0 Å². The molecule has 0 saturated carbocycles. The summed E-state index contributed by atoms with van der Waals surface area (Å²) in [6.07, 6.45) is -3.74. The number of halogens is 4. The molecule has 7 nitrogen and oxygen atoms in total. The van der Waals surface area contributed by atoms with Gasteiger partial charge >= 0.3 is 6.18 Å². The van der Waals surface area contributed by atoms with Crippen molar-refractivity contribution < 1.29 is 31.2 Å². The summed E-state index contributed by atoms with van der Waals surface area (Å²) in [7, 11) is -4.02. The van der Waals surface area contributed by atoms with Crippen LogP contribution in [0, 0.1) is 16.4 Å². The Morgan fingerprint density at radius 1 is 1.18 bits per heavy atom. The first-order chi connectivity index (χ1) is 15.8. The highest BCUT2D eigenvalue weighted by Crippen LogP contribution is 2.35. The molecule has 0 atom stereocenters. The highest BCUT2D eigenvalue weighted by molar-refractivity contribution is 14.1. The number of sulfonamides is 1. The minimum absolute atomic E-state index is 0.0110. The van der Waals surface area contributed by atoms with Gasteiger partial charge in [-0.25, -0.2) is 13.1 Å². The average molecular weight is 609 g/mol. The minimum atomic E-state index is -4.57. The van der Waals surface area contributed by atoms with Gasteiger partial charge in [0.1, 0.15) is 0 Å². The highest BCUT2D eigenvalue weighted by Gasteiger charge is 2.33. The topological polar surface area (TPSA) is 110 Å². The fourth-order valence-electron chi connectivity index (χ4n) is 3.94. The molecule has 3 rings (SSSR count). The van der Waals surface area contributed by atoms with Gasteiger partial charge in [-0.1, -0.05) is 6.07 Å². The number of nitrogens with two attached hydrogens (primary N) is 1. The normalized spacial score (nSPS) is 15.3. The van der Waals surface area contributed by atoms with Crippen molar-refractivity contribution in [1.82, 2.24) is 4.72 Å². The van der Waals surface area contributed by atoms with Crippen LogP contribution in [0.4, 0.5) is 18.9 Å². The van der Waals surface area contributed by atoms with Crippen LogP contribution in [0.2, 0.25) is 0 Å². The third-order valence-electron chi connectivity index (χ3n) is 5.78. The zero-order valence-electron chi connectivity index (χ0n) is 18.2. The summed E-state index contributed by atoms with van der Waals surface area (Å²) in [5.41, 5.74) is 5.09. The summed E-state index contributed by atoms with van der Waals surface area (Å²) in [6.45, 7) is 2.25. The molecule has 2 amide bonds. The molecule has 184 valence electrons. The molecule has 34 heavy (non-hydrogen) atoms. The Morgan fingerprint density at radius 3 is 2.41 bits per heavy atom. The second-order valence-corrected chi connectivity index (χ2v) is 10.9. The zero-order chi connectivity index (χ0) is 25.3. The van der Waals surface area contributed by atoms with Crippen molar-refractivity contribution in [3.63, 3.8) is 0 Å². The Labute approximate surface area is 209 Å². The van der Waals surface area contributed by atoms with Crippen molar-refractivity contribution in [1.29, 1.82) is 0 Å². The van der Waals surface area contributed by atoms with E-state index < -0.39 is 33.6 Å². The van der Waals surface area contributed by atoms with E-state index in [4.69, 9.17) is 5.73 Å². The van der Waals surface area contributed by atoms with Crippen LogP contribution in [0.1, 0.15) is 40.7 Å². The summed E-state index contributed by atoms with van der Waals surface area (Å²) >= 11 is 2.01. The van der Waals surface area contributed by atoms with E-state index in [1.165, 1.54) is 6.07 Å². The lowest BCUT2D eigenvalue weighted by Gasteiger charge is -2.34. The smallest absolute Gasteiger partial charge is 0.371 e. The SMILES string of the molecule is Cc1c(I)cccc1S(=O)(=O)NC(=O)CC1CCN(c2cc(C(F)(F)F)ccc2C(N)=O)CC1. The van der Waals surface area contributed by atoms with Crippen molar-refractivity contribution in [3.8, 4) is 0 Å². The maximum absolute atomic E-state index is 13.1. The third-order valence-corrected chi connectivity index (χ3v) is 8.46. The summed E-state index contributed by atoms with van der Waals surface area (Å²) in [4.78, 5) is 25.9. The molecular weight excluding hydrogens is 586 g/mol. The zero-order valence-corrected chi connectivity index (χ0v) is 21.1. The minimum Gasteiger partial charge on any atom is -0.371 e. The van der Waals surface area contributed by atoms with E-state index in [0.717, 1.165) is 21.8 Å². The molecule has 12 heteroatoms. The molecular formula is C22H23F3IN3O4S. The van der Waals surface area contributed by atoms with Crippen LogP contribution in [0.15, 0.2) is 41.3 Å². The molecule has 2 aromatic carbocycles. The van der Waals surface area contributed by atoms with E-state index in [-0.39, 0.29) is 28.5 Å². The number of amides is 2. The molecule has 0 aliphatic carbocycles. The summed E-state index contributed by atoms with van der Waals surface area (Å²) in [6, 6.07) is 7.57. The fourth-order valence-corrected chi connectivity index (χ4v) is 5.89. The number of primary amides is 1. The standard InChI is InChI=1S/C22H23F3IN3O4S/c1-13-17(26)3-2-4-19(13)34(32,33)28-20(30)11-14-7-9-29(10-8-14)18-12-15(22(23,24)25)5-6-16(18)21(27)31/h2-6,12,14H,7-11H2,1H3,(H2,27,31)(H,28,30). The average Bonchev–Trinajstić information content (AvgIpc) is 2.74. The molecule has 1 aliphatic rings. The molecule has 1 saturated heterocycles. The van der Waals surface area contributed by atoms with Crippen molar-refractivity contribution in [2.75, 3.05) is 18.0 Å². The van der Waals surface area contributed by atoms with E-state index in [2.05, 4.69) is 4.72 Å². The third kappa shape index (κ3) is 6.01. The van der Waals surface area contributed by atoms with Gasteiger partial charge in [-0.05, 0) is 84.2 Å². The number of carbonyl (C=O) groups excluding carboxylic acids is 2. The number of rotatable bonds is 6. The largest absolute Gasteiger partial charge is 0.416 e. The monoisotopic (exact) mass is 609 g/mol. The van der Waals surface area contributed by atoms with Crippen LogP contribution in [-0.2, 0) is 21.0 Å². The maximum Gasteiger partial charge on any atom is 0.416 e. The number of nitrogens with one attached hydrogen (secondary N) is 1. The Balaban J connectivity index is 1.66. The van der Waals surface area contributed by atoms with Crippen molar-refractivity contribution in [2.45, 2.75) is 37.3 Å². The van der Waals surface area contributed by atoms with E-state index in [1.807, 2.05) is 22.6 Å². The van der Waals surface area contributed by atoms with Gasteiger partial charge in [-0.3, -0.25) is 9.59 Å². The van der Waals surface area contributed by atoms with E-state index >= 15 is 0 Å². The number of piperidine rings is 1. The van der Waals surface area contributed by atoms with Crippen molar-refractivity contribution in [2.24, 2.45) is 11.7 Å². The molecule has 0 unspecified atom stereocenters. The van der Waals surface area contributed by atoms with Gasteiger partial charge in [0, 0.05) is 23.1 Å². The van der Waals surface area contributed by atoms with Gasteiger partial charge in [0.2, 0.25) is 5.91 Å². The number of alkyl halides is 3. The second-order valence-electron chi connectivity index (χ2n) is 8.12. The summed E-state index contributed by atoms with van der Waals surface area (Å²) in [5.74, 6) is -1.64. The van der Waals surface area contributed by atoms with Crippen LogP contribution < -0.4 is 15.4 Å². The predicted molar refractivity (Wildman–Crippen MR) is 129 cm³/mol. The number of hydrogen-bond acceptors (Lipinski definition) is 5. The lowest BCUT2D eigenvalue weighted by Crippen LogP contribution is -2.38. The Morgan fingerprint density at radius 2 is 1.82 bits per heavy atom. The molecule has 0 aromatic heterocycles. The molecule has 2 aromatic rings. The maximum atomic E-state index is 13.1. The van der Waals surface area contributed by atoms with Gasteiger partial charge < -0.3 is 10.6 Å². The predicted octanol–water partition coefficient (Wildman–Crippen LogP) is 3.83. The quantitative estimate of drug-likeness (QED) is 0.485. The first kappa shape index (κ1) is 26.3. The number of anilines is 1.